The summed E-state index contributed by atoms with van der Waals surface area (Å²) in [6.07, 6.45) is 7.89. The summed E-state index contributed by atoms with van der Waals surface area (Å²) in [4.78, 5) is 17.0. The molecule has 0 radical (unpaired) electrons. The largest absolute Gasteiger partial charge is 0.287 e. The minimum Gasteiger partial charge on any atom is -0.232 e. The van der Waals surface area contributed by atoms with Crippen LogP contribution in [-0.4, -0.2) is 19.9 Å². The minimum atomic E-state index is 0.677. The van der Waals surface area contributed by atoms with Gasteiger partial charge in [0.25, 0.3) is 6.33 Å². The molecule has 0 aliphatic heterocycles. The maximum absolute atomic E-state index is 4.63. The lowest BCUT2D eigenvalue weighted by atomic mass is 9.99. The molecule has 0 fully saturated rings. The van der Waals surface area contributed by atoms with Crippen LogP contribution in [0.2, 0.25) is 0 Å². The third-order valence-electron chi connectivity index (χ3n) is 4.18. The Bertz CT molecular complexity index is 916. The minimum absolute atomic E-state index is 0.677. The van der Waals surface area contributed by atoms with E-state index in [1.165, 1.54) is 35.0 Å². The van der Waals surface area contributed by atoms with Crippen molar-refractivity contribution in [1.29, 1.82) is 0 Å². The average Bonchev–Trinajstić information content (AvgIpc) is 3.00. The van der Waals surface area contributed by atoms with Gasteiger partial charge in [0, 0.05) is 12.0 Å². The van der Waals surface area contributed by atoms with Crippen LogP contribution < -0.4 is 4.57 Å². The van der Waals surface area contributed by atoms with Gasteiger partial charge in [-0.15, -0.1) is 0 Å². The van der Waals surface area contributed by atoms with Crippen molar-refractivity contribution in [2.24, 2.45) is 7.05 Å². The van der Waals surface area contributed by atoms with Crippen molar-refractivity contribution in [2.75, 3.05) is 0 Å². The second-order valence-electron chi connectivity index (χ2n) is 5.63. The van der Waals surface area contributed by atoms with E-state index >= 15 is 0 Å². The summed E-state index contributed by atoms with van der Waals surface area (Å²) in [6, 6.07) is 8.43. The number of allylic oxidation sites excluding steroid dienone is 1. The summed E-state index contributed by atoms with van der Waals surface area (Å²) < 4.78 is 2.09. The van der Waals surface area contributed by atoms with Crippen LogP contribution in [0.4, 0.5) is 0 Å². The first-order valence-electron chi connectivity index (χ1n) is 7.52. The predicted molar refractivity (Wildman–Crippen MR) is 86.2 cm³/mol. The Labute approximate surface area is 134 Å². The van der Waals surface area contributed by atoms with Gasteiger partial charge in [-0.2, -0.15) is 0 Å². The molecule has 5 heteroatoms. The van der Waals surface area contributed by atoms with Crippen LogP contribution in [0.25, 0.3) is 16.8 Å². The Morgan fingerprint density at radius 2 is 1.83 bits per heavy atom. The van der Waals surface area contributed by atoms with Crippen molar-refractivity contribution in [3.8, 4) is 11.3 Å². The van der Waals surface area contributed by atoms with Crippen molar-refractivity contribution < 1.29 is 4.57 Å². The topological polar surface area (TPSA) is 55.4 Å². The summed E-state index contributed by atoms with van der Waals surface area (Å²) in [7, 11) is 2.04. The van der Waals surface area contributed by atoms with Gasteiger partial charge in [-0.1, -0.05) is 30.3 Å². The number of rotatable bonds is 2. The molecular formula is C18H16N5+. The summed E-state index contributed by atoms with van der Waals surface area (Å²) >= 11 is 0. The van der Waals surface area contributed by atoms with Crippen molar-refractivity contribution >= 4 is 5.57 Å². The van der Waals surface area contributed by atoms with Gasteiger partial charge in [-0.25, -0.2) is 19.5 Å². The van der Waals surface area contributed by atoms with Crippen LogP contribution in [0.15, 0.2) is 49.3 Å². The Balaban J connectivity index is 1.90. The van der Waals surface area contributed by atoms with E-state index in [1.54, 1.807) is 0 Å². The SMILES string of the molecule is Cc1ccccc1-c1c2c(nc[n+]1C)C(c1ncncn1)=CC2. The molecule has 0 saturated heterocycles. The van der Waals surface area contributed by atoms with E-state index in [0.717, 1.165) is 17.7 Å². The van der Waals surface area contributed by atoms with Crippen LogP contribution >= 0.6 is 0 Å². The monoisotopic (exact) mass is 302 g/mol. The van der Waals surface area contributed by atoms with Gasteiger partial charge in [-0.05, 0) is 17.5 Å². The maximum atomic E-state index is 4.63. The Morgan fingerprint density at radius 3 is 2.61 bits per heavy atom. The van der Waals surface area contributed by atoms with Crippen LogP contribution in [0.1, 0.15) is 22.6 Å². The fourth-order valence-electron chi connectivity index (χ4n) is 3.10. The number of nitrogens with zero attached hydrogens (tertiary/aromatic N) is 5. The standard InChI is InChI=1S/C18H16N5/c1-12-5-3-4-6-13(12)17-14-7-8-15(16(14)22-11-23(17)2)18-20-9-19-10-21-18/h3-6,8-11H,7H2,1-2H3/q+1. The molecule has 0 atom stereocenters. The molecule has 1 aromatic carbocycles. The molecule has 0 unspecified atom stereocenters. The summed E-state index contributed by atoms with van der Waals surface area (Å²) in [5.74, 6) is 0.677. The molecule has 0 spiro atoms. The van der Waals surface area contributed by atoms with Gasteiger partial charge < -0.3 is 0 Å². The molecule has 5 nitrogen and oxygen atoms in total. The van der Waals surface area contributed by atoms with E-state index in [1.807, 2.05) is 13.4 Å². The molecule has 0 saturated carbocycles. The quantitative estimate of drug-likeness (QED) is 0.680. The Hall–Kier alpha value is -2.95. The highest BCUT2D eigenvalue weighted by Gasteiger charge is 2.29. The lowest BCUT2D eigenvalue weighted by Crippen LogP contribution is -2.33. The van der Waals surface area contributed by atoms with Gasteiger partial charge in [0.2, 0.25) is 0 Å². The zero-order valence-corrected chi connectivity index (χ0v) is 13.1. The van der Waals surface area contributed by atoms with Gasteiger partial charge >= 0.3 is 0 Å². The second kappa shape index (κ2) is 5.35. The van der Waals surface area contributed by atoms with Crippen LogP contribution in [0.3, 0.4) is 0 Å². The number of hydrogen-bond donors (Lipinski definition) is 0. The van der Waals surface area contributed by atoms with Crippen molar-refractivity contribution in [1.82, 2.24) is 19.9 Å². The third kappa shape index (κ3) is 2.21. The maximum Gasteiger partial charge on any atom is 0.287 e. The molecular weight excluding hydrogens is 286 g/mol. The van der Waals surface area contributed by atoms with Crippen LogP contribution in [0, 0.1) is 6.92 Å². The van der Waals surface area contributed by atoms with E-state index < -0.39 is 0 Å². The Morgan fingerprint density at radius 1 is 1.04 bits per heavy atom. The van der Waals surface area contributed by atoms with Gasteiger partial charge in [0.15, 0.2) is 11.5 Å². The number of fused-ring (bicyclic) bond motifs is 1. The molecule has 4 rings (SSSR count). The van der Waals surface area contributed by atoms with Crippen LogP contribution in [0.5, 0.6) is 0 Å². The molecule has 2 aromatic heterocycles. The van der Waals surface area contributed by atoms with Crippen molar-refractivity contribution in [2.45, 2.75) is 13.3 Å². The average molecular weight is 302 g/mol. The highest BCUT2D eigenvalue weighted by atomic mass is 15.0. The molecule has 2 heterocycles. The first-order valence-corrected chi connectivity index (χ1v) is 7.52. The highest BCUT2D eigenvalue weighted by Crippen LogP contribution is 2.34. The van der Waals surface area contributed by atoms with Crippen LogP contribution in [-0.2, 0) is 13.5 Å². The molecule has 0 amide bonds. The van der Waals surface area contributed by atoms with E-state index in [4.69, 9.17) is 0 Å². The molecule has 0 N–H and O–H groups in total. The Kier molecular flexibility index (Phi) is 3.19. The van der Waals surface area contributed by atoms with Gasteiger partial charge in [-0.3, -0.25) is 0 Å². The van der Waals surface area contributed by atoms with E-state index in [0.29, 0.717) is 5.82 Å². The fraction of sp³-hybridized carbons (Fsp3) is 0.167. The molecule has 23 heavy (non-hydrogen) atoms. The zero-order chi connectivity index (χ0) is 15.8. The number of aryl methyl sites for hydroxylation is 2. The summed E-state index contributed by atoms with van der Waals surface area (Å²) in [6.45, 7) is 2.14. The number of hydrogen-bond acceptors (Lipinski definition) is 4. The molecule has 3 aromatic rings. The molecule has 1 aliphatic rings. The second-order valence-corrected chi connectivity index (χ2v) is 5.63. The number of aromatic nitrogens is 5. The lowest BCUT2D eigenvalue weighted by Gasteiger charge is -2.10. The van der Waals surface area contributed by atoms with E-state index in [9.17, 15) is 0 Å². The van der Waals surface area contributed by atoms with E-state index in [2.05, 4.69) is 61.8 Å². The van der Waals surface area contributed by atoms with Gasteiger partial charge in [0.05, 0.1) is 18.2 Å². The smallest absolute Gasteiger partial charge is 0.232 e. The number of benzene rings is 1. The molecule has 1 aliphatic carbocycles. The van der Waals surface area contributed by atoms with Gasteiger partial charge in [0.1, 0.15) is 18.3 Å². The summed E-state index contributed by atoms with van der Waals surface area (Å²) in [5, 5.41) is 0. The predicted octanol–water partition coefficient (Wildman–Crippen LogP) is 2.05. The normalized spacial score (nSPS) is 12.9. The zero-order valence-electron chi connectivity index (χ0n) is 13.1. The molecule has 112 valence electrons. The fourth-order valence-corrected chi connectivity index (χ4v) is 3.10. The summed E-state index contributed by atoms with van der Waals surface area (Å²) in [5.41, 5.74) is 6.86. The third-order valence-corrected chi connectivity index (χ3v) is 4.18. The van der Waals surface area contributed by atoms with Crippen molar-refractivity contribution in [3.05, 3.63) is 72.0 Å². The van der Waals surface area contributed by atoms with Crippen molar-refractivity contribution in [3.63, 3.8) is 0 Å². The molecule has 0 bridgehead atoms. The first-order chi connectivity index (χ1) is 11.3. The highest BCUT2D eigenvalue weighted by molar-refractivity contribution is 5.83. The first kappa shape index (κ1) is 13.7. The van der Waals surface area contributed by atoms with E-state index in [-0.39, 0.29) is 0 Å². The lowest BCUT2D eigenvalue weighted by molar-refractivity contribution is -0.663.